The second-order valence-corrected chi connectivity index (χ2v) is 2.52. The summed E-state index contributed by atoms with van der Waals surface area (Å²) in [6.45, 7) is 1.84. The molecule has 1 rings (SSSR count). The monoisotopic (exact) mass is 156 g/mol. The molecule has 1 aromatic rings. The molecule has 0 N–H and O–H groups in total. The first-order chi connectivity index (χ1) is 4.79. The standard InChI is InChI=1S/C6H8N2OS/c1-5(10)9-6-2-3-7-8-4-6/h2-5,10H,1H3. The molecule has 1 unspecified atom stereocenters. The minimum absolute atomic E-state index is 0.107. The topological polar surface area (TPSA) is 35.0 Å². The molecule has 0 fully saturated rings. The lowest BCUT2D eigenvalue weighted by atomic mass is 10.5. The molecule has 4 heteroatoms. The van der Waals surface area contributed by atoms with Crippen molar-refractivity contribution in [1.29, 1.82) is 0 Å². The Labute approximate surface area is 64.8 Å². The summed E-state index contributed by atoms with van der Waals surface area (Å²) < 4.78 is 5.18. The number of thiol groups is 1. The van der Waals surface area contributed by atoms with E-state index in [0.29, 0.717) is 5.75 Å². The number of aromatic nitrogens is 2. The van der Waals surface area contributed by atoms with E-state index in [-0.39, 0.29) is 5.44 Å². The zero-order valence-corrected chi connectivity index (χ0v) is 6.45. The molecule has 1 atom stereocenters. The van der Waals surface area contributed by atoms with Crippen LogP contribution >= 0.6 is 12.6 Å². The van der Waals surface area contributed by atoms with Crippen molar-refractivity contribution in [3.63, 3.8) is 0 Å². The fraction of sp³-hybridized carbons (Fsp3) is 0.333. The Bertz CT molecular complexity index is 190. The molecular formula is C6H8N2OS. The lowest BCUT2D eigenvalue weighted by molar-refractivity contribution is 0.308. The summed E-state index contributed by atoms with van der Waals surface area (Å²) in [5.41, 5.74) is -0.107. The highest BCUT2D eigenvalue weighted by Gasteiger charge is 1.95. The Kier molecular flexibility index (Phi) is 2.50. The van der Waals surface area contributed by atoms with Crippen molar-refractivity contribution in [2.24, 2.45) is 0 Å². The Morgan fingerprint density at radius 2 is 2.40 bits per heavy atom. The van der Waals surface area contributed by atoms with Gasteiger partial charge in [0.25, 0.3) is 0 Å². The molecule has 0 aliphatic heterocycles. The van der Waals surface area contributed by atoms with Gasteiger partial charge in [-0.2, -0.15) is 10.2 Å². The number of nitrogens with zero attached hydrogens (tertiary/aromatic N) is 2. The van der Waals surface area contributed by atoms with Crippen LogP contribution in [0.2, 0.25) is 0 Å². The van der Waals surface area contributed by atoms with E-state index in [4.69, 9.17) is 4.74 Å². The zero-order valence-electron chi connectivity index (χ0n) is 5.56. The fourth-order valence-electron chi connectivity index (χ4n) is 0.545. The van der Waals surface area contributed by atoms with Gasteiger partial charge in [-0.05, 0) is 6.92 Å². The van der Waals surface area contributed by atoms with Crippen LogP contribution in [0.3, 0.4) is 0 Å². The van der Waals surface area contributed by atoms with E-state index in [0.717, 1.165) is 0 Å². The number of rotatable bonds is 2. The van der Waals surface area contributed by atoms with Gasteiger partial charge in [-0.1, -0.05) is 0 Å². The number of hydrogen-bond donors (Lipinski definition) is 1. The molecule has 0 saturated carbocycles. The van der Waals surface area contributed by atoms with Gasteiger partial charge in [-0.25, -0.2) is 0 Å². The summed E-state index contributed by atoms with van der Waals surface area (Å²) in [6.07, 6.45) is 3.12. The second kappa shape index (κ2) is 3.41. The molecule has 0 radical (unpaired) electrons. The van der Waals surface area contributed by atoms with Gasteiger partial charge in [0.2, 0.25) is 0 Å². The van der Waals surface area contributed by atoms with E-state index in [9.17, 15) is 0 Å². The normalized spacial score (nSPS) is 12.6. The molecule has 0 aliphatic carbocycles. The molecule has 0 amide bonds. The number of ether oxygens (including phenoxy) is 1. The summed E-state index contributed by atoms with van der Waals surface area (Å²) in [6, 6.07) is 1.74. The molecule has 10 heavy (non-hydrogen) atoms. The maximum absolute atomic E-state index is 5.18. The summed E-state index contributed by atoms with van der Waals surface area (Å²) in [7, 11) is 0. The third kappa shape index (κ3) is 2.23. The van der Waals surface area contributed by atoms with Crippen molar-refractivity contribution in [2.45, 2.75) is 12.4 Å². The maximum Gasteiger partial charge on any atom is 0.142 e. The predicted octanol–water partition coefficient (Wildman–Crippen LogP) is 1.13. The van der Waals surface area contributed by atoms with Crippen LogP contribution in [0.1, 0.15) is 6.92 Å². The molecule has 0 aliphatic rings. The summed E-state index contributed by atoms with van der Waals surface area (Å²) >= 11 is 4.04. The van der Waals surface area contributed by atoms with Crippen molar-refractivity contribution in [1.82, 2.24) is 10.2 Å². The van der Waals surface area contributed by atoms with Gasteiger partial charge >= 0.3 is 0 Å². The lowest BCUT2D eigenvalue weighted by Gasteiger charge is -2.06. The van der Waals surface area contributed by atoms with E-state index in [1.165, 1.54) is 0 Å². The van der Waals surface area contributed by atoms with Gasteiger partial charge in [0, 0.05) is 6.07 Å². The van der Waals surface area contributed by atoms with Crippen LogP contribution in [-0.2, 0) is 0 Å². The van der Waals surface area contributed by atoms with E-state index in [2.05, 4.69) is 22.8 Å². The summed E-state index contributed by atoms with van der Waals surface area (Å²) in [5.74, 6) is 0.692. The van der Waals surface area contributed by atoms with Crippen LogP contribution in [-0.4, -0.2) is 15.6 Å². The molecule has 1 heterocycles. The van der Waals surface area contributed by atoms with Gasteiger partial charge in [0.05, 0.1) is 12.4 Å². The predicted molar refractivity (Wildman–Crippen MR) is 41.1 cm³/mol. The van der Waals surface area contributed by atoms with Gasteiger partial charge in [-0.15, -0.1) is 12.6 Å². The van der Waals surface area contributed by atoms with Crippen molar-refractivity contribution in [2.75, 3.05) is 0 Å². The van der Waals surface area contributed by atoms with Gasteiger partial charge in [0.1, 0.15) is 11.2 Å². The van der Waals surface area contributed by atoms with Gasteiger partial charge in [-0.3, -0.25) is 0 Å². The van der Waals surface area contributed by atoms with Crippen molar-refractivity contribution < 1.29 is 4.74 Å². The third-order valence-electron chi connectivity index (χ3n) is 0.864. The van der Waals surface area contributed by atoms with E-state index >= 15 is 0 Å². The lowest BCUT2D eigenvalue weighted by Crippen LogP contribution is -2.02. The Hall–Kier alpha value is -0.770. The van der Waals surface area contributed by atoms with Crippen LogP contribution in [0.15, 0.2) is 18.5 Å². The number of hydrogen-bond acceptors (Lipinski definition) is 4. The molecule has 0 bridgehead atoms. The summed E-state index contributed by atoms with van der Waals surface area (Å²) in [5, 5.41) is 7.23. The average molecular weight is 156 g/mol. The maximum atomic E-state index is 5.18. The van der Waals surface area contributed by atoms with Crippen LogP contribution < -0.4 is 4.74 Å². The first-order valence-electron chi connectivity index (χ1n) is 2.90. The largest absolute Gasteiger partial charge is 0.479 e. The minimum Gasteiger partial charge on any atom is -0.479 e. The highest BCUT2D eigenvalue weighted by molar-refractivity contribution is 7.80. The van der Waals surface area contributed by atoms with Crippen LogP contribution in [0.25, 0.3) is 0 Å². The first-order valence-corrected chi connectivity index (χ1v) is 3.42. The van der Waals surface area contributed by atoms with E-state index < -0.39 is 0 Å². The second-order valence-electron chi connectivity index (χ2n) is 1.80. The van der Waals surface area contributed by atoms with Crippen molar-refractivity contribution >= 4 is 12.6 Å². The zero-order chi connectivity index (χ0) is 7.40. The fourth-order valence-corrected chi connectivity index (χ4v) is 0.667. The highest BCUT2D eigenvalue weighted by atomic mass is 32.1. The van der Waals surface area contributed by atoms with Crippen molar-refractivity contribution in [3.8, 4) is 5.75 Å². The molecule has 0 aromatic carbocycles. The molecule has 1 aromatic heterocycles. The first kappa shape index (κ1) is 7.34. The van der Waals surface area contributed by atoms with Crippen LogP contribution in [0.5, 0.6) is 5.75 Å². The van der Waals surface area contributed by atoms with E-state index in [1.807, 2.05) is 6.92 Å². The Morgan fingerprint density at radius 1 is 1.60 bits per heavy atom. The Morgan fingerprint density at radius 3 is 2.90 bits per heavy atom. The van der Waals surface area contributed by atoms with E-state index in [1.54, 1.807) is 18.5 Å². The van der Waals surface area contributed by atoms with Gasteiger partial charge < -0.3 is 4.74 Å². The third-order valence-corrected chi connectivity index (χ3v) is 0.969. The smallest absolute Gasteiger partial charge is 0.142 e. The minimum atomic E-state index is -0.107. The van der Waals surface area contributed by atoms with Crippen LogP contribution in [0.4, 0.5) is 0 Å². The van der Waals surface area contributed by atoms with Gasteiger partial charge in [0.15, 0.2) is 0 Å². The molecular weight excluding hydrogens is 148 g/mol. The highest BCUT2D eigenvalue weighted by Crippen LogP contribution is 2.08. The molecule has 54 valence electrons. The summed E-state index contributed by atoms with van der Waals surface area (Å²) in [4.78, 5) is 0. The molecule has 0 spiro atoms. The van der Waals surface area contributed by atoms with Crippen molar-refractivity contribution in [3.05, 3.63) is 18.5 Å². The molecule has 0 saturated heterocycles. The quantitative estimate of drug-likeness (QED) is 0.515. The van der Waals surface area contributed by atoms with Crippen LogP contribution in [0, 0.1) is 0 Å². The Balaban J connectivity index is 2.59. The average Bonchev–Trinajstić information content (AvgIpc) is 1.88. The SMILES string of the molecule is CC(S)Oc1ccnnc1. The molecule has 3 nitrogen and oxygen atoms in total.